The van der Waals surface area contributed by atoms with Crippen LogP contribution in [0.15, 0.2) is 48.5 Å². The van der Waals surface area contributed by atoms with E-state index >= 15 is 0 Å². The summed E-state index contributed by atoms with van der Waals surface area (Å²) in [5.41, 5.74) is 13.5. The van der Waals surface area contributed by atoms with E-state index < -0.39 is 12.1 Å². The Kier molecular flexibility index (Phi) is 3.69. The van der Waals surface area contributed by atoms with Crippen molar-refractivity contribution in [3.8, 4) is 0 Å². The van der Waals surface area contributed by atoms with Crippen LogP contribution in [0.3, 0.4) is 0 Å². The average Bonchev–Trinajstić information content (AvgIpc) is 2.39. The van der Waals surface area contributed by atoms with Gasteiger partial charge < -0.3 is 11.5 Å². The third-order valence-electron chi connectivity index (χ3n) is 2.90. The lowest BCUT2D eigenvalue weighted by Gasteiger charge is -2.20. The maximum absolute atomic E-state index is 12.8. The van der Waals surface area contributed by atoms with E-state index in [0.29, 0.717) is 0 Å². The SMILES string of the molecule is N[C@H](c1ccc(F)cc1)[C@@H](N)c1ccc(F)cc1. The Morgan fingerprint density at radius 3 is 1.17 bits per heavy atom. The van der Waals surface area contributed by atoms with Crippen molar-refractivity contribution >= 4 is 0 Å². The molecule has 18 heavy (non-hydrogen) atoms. The van der Waals surface area contributed by atoms with Gasteiger partial charge in [-0.1, -0.05) is 24.3 Å². The highest BCUT2D eigenvalue weighted by molar-refractivity contribution is 5.27. The quantitative estimate of drug-likeness (QED) is 0.877. The molecule has 0 aromatic heterocycles. The summed E-state index contributed by atoms with van der Waals surface area (Å²) < 4.78 is 25.6. The van der Waals surface area contributed by atoms with E-state index in [1.165, 1.54) is 24.3 Å². The fourth-order valence-corrected chi connectivity index (χ4v) is 1.78. The molecular weight excluding hydrogens is 234 g/mol. The van der Waals surface area contributed by atoms with Gasteiger partial charge in [-0.05, 0) is 35.4 Å². The molecule has 2 aromatic carbocycles. The first-order valence-corrected chi connectivity index (χ1v) is 5.60. The van der Waals surface area contributed by atoms with Crippen LogP contribution in [0.5, 0.6) is 0 Å². The highest BCUT2D eigenvalue weighted by Crippen LogP contribution is 2.24. The number of halogens is 2. The normalized spacial score (nSPS) is 14.2. The molecule has 0 aliphatic heterocycles. The van der Waals surface area contributed by atoms with E-state index in [2.05, 4.69) is 0 Å². The summed E-state index contributed by atoms with van der Waals surface area (Å²) in [7, 11) is 0. The fourth-order valence-electron chi connectivity index (χ4n) is 1.78. The lowest BCUT2D eigenvalue weighted by atomic mass is 9.95. The van der Waals surface area contributed by atoms with Gasteiger partial charge in [-0.3, -0.25) is 0 Å². The summed E-state index contributed by atoms with van der Waals surface area (Å²) in [6.45, 7) is 0. The monoisotopic (exact) mass is 248 g/mol. The molecule has 0 spiro atoms. The minimum absolute atomic E-state index is 0.318. The van der Waals surface area contributed by atoms with Crippen LogP contribution >= 0.6 is 0 Å². The first-order chi connectivity index (χ1) is 8.58. The highest BCUT2D eigenvalue weighted by Gasteiger charge is 2.17. The van der Waals surface area contributed by atoms with Crippen molar-refractivity contribution in [2.24, 2.45) is 11.5 Å². The number of rotatable bonds is 3. The molecule has 2 rings (SSSR count). The molecule has 0 unspecified atom stereocenters. The second-order valence-electron chi connectivity index (χ2n) is 4.15. The maximum Gasteiger partial charge on any atom is 0.123 e. The van der Waals surface area contributed by atoms with Gasteiger partial charge >= 0.3 is 0 Å². The first-order valence-electron chi connectivity index (χ1n) is 5.60. The zero-order valence-corrected chi connectivity index (χ0v) is 9.68. The molecule has 0 fully saturated rings. The zero-order valence-electron chi connectivity index (χ0n) is 9.68. The van der Waals surface area contributed by atoms with Crippen molar-refractivity contribution in [2.75, 3.05) is 0 Å². The molecule has 0 radical (unpaired) electrons. The fraction of sp³-hybridized carbons (Fsp3) is 0.143. The van der Waals surface area contributed by atoms with Gasteiger partial charge in [0.1, 0.15) is 11.6 Å². The number of benzene rings is 2. The van der Waals surface area contributed by atoms with Crippen molar-refractivity contribution in [3.63, 3.8) is 0 Å². The predicted molar refractivity (Wildman–Crippen MR) is 66.7 cm³/mol. The Morgan fingerprint density at radius 2 is 0.889 bits per heavy atom. The van der Waals surface area contributed by atoms with Gasteiger partial charge in [-0.2, -0.15) is 0 Å². The number of nitrogens with two attached hydrogens (primary N) is 2. The van der Waals surface area contributed by atoms with E-state index in [1.807, 2.05) is 0 Å². The van der Waals surface area contributed by atoms with Gasteiger partial charge in [0, 0.05) is 12.1 Å². The lowest BCUT2D eigenvalue weighted by Crippen LogP contribution is -2.26. The van der Waals surface area contributed by atoms with Crippen molar-refractivity contribution in [2.45, 2.75) is 12.1 Å². The molecule has 0 bridgehead atoms. The van der Waals surface area contributed by atoms with E-state index in [-0.39, 0.29) is 11.6 Å². The van der Waals surface area contributed by atoms with Crippen LogP contribution in [0, 0.1) is 11.6 Å². The third-order valence-corrected chi connectivity index (χ3v) is 2.90. The van der Waals surface area contributed by atoms with Gasteiger partial charge in [0.05, 0.1) is 0 Å². The van der Waals surface area contributed by atoms with Crippen LogP contribution in [0.4, 0.5) is 8.78 Å². The summed E-state index contributed by atoms with van der Waals surface area (Å²) in [6, 6.07) is 10.8. The standard InChI is InChI=1S/C14H14F2N2/c15-11-5-1-9(2-6-11)13(17)14(18)10-3-7-12(16)8-4-10/h1-8,13-14H,17-18H2/t13-,14+. The molecule has 2 aromatic rings. The summed E-state index contributed by atoms with van der Waals surface area (Å²) in [4.78, 5) is 0. The second kappa shape index (κ2) is 5.25. The van der Waals surface area contributed by atoms with E-state index in [0.717, 1.165) is 11.1 Å². The second-order valence-corrected chi connectivity index (χ2v) is 4.15. The molecule has 4 heteroatoms. The largest absolute Gasteiger partial charge is 0.322 e. The van der Waals surface area contributed by atoms with E-state index in [4.69, 9.17) is 11.5 Å². The van der Waals surface area contributed by atoms with Crippen LogP contribution in [0.2, 0.25) is 0 Å². The average molecular weight is 248 g/mol. The molecular formula is C14H14F2N2. The van der Waals surface area contributed by atoms with Crippen molar-refractivity contribution in [3.05, 3.63) is 71.3 Å². The first kappa shape index (κ1) is 12.7. The summed E-state index contributed by atoms with van der Waals surface area (Å²) in [5.74, 6) is -0.636. The van der Waals surface area contributed by atoms with Crippen LogP contribution < -0.4 is 11.5 Å². The molecule has 0 heterocycles. The van der Waals surface area contributed by atoms with Gasteiger partial charge in [0.2, 0.25) is 0 Å². The van der Waals surface area contributed by atoms with Crippen LogP contribution in [-0.2, 0) is 0 Å². The lowest BCUT2D eigenvalue weighted by molar-refractivity contribution is 0.567. The van der Waals surface area contributed by atoms with Crippen LogP contribution in [0.25, 0.3) is 0 Å². The van der Waals surface area contributed by atoms with Crippen molar-refractivity contribution < 1.29 is 8.78 Å². The molecule has 0 saturated heterocycles. The molecule has 0 aliphatic carbocycles. The molecule has 2 atom stereocenters. The zero-order chi connectivity index (χ0) is 13.1. The summed E-state index contributed by atoms with van der Waals surface area (Å²) >= 11 is 0. The highest BCUT2D eigenvalue weighted by atomic mass is 19.1. The van der Waals surface area contributed by atoms with E-state index in [9.17, 15) is 8.78 Å². The summed E-state index contributed by atoms with van der Waals surface area (Å²) in [5, 5.41) is 0. The molecule has 4 N–H and O–H groups in total. The maximum atomic E-state index is 12.8. The van der Waals surface area contributed by atoms with Gasteiger partial charge in [-0.15, -0.1) is 0 Å². The molecule has 0 amide bonds. The Balaban J connectivity index is 2.20. The number of hydrogen-bond donors (Lipinski definition) is 2. The minimum Gasteiger partial charge on any atom is -0.322 e. The Bertz CT molecular complexity index is 459. The Hall–Kier alpha value is -1.78. The molecule has 0 saturated carbocycles. The molecule has 2 nitrogen and oxygen atoms in total. The predicted octanol–water partition coefficient (Wildman–Crippen LogP) is 2.66. The van der Waals surface area contributed by atoms with E-state index in [1.54, 1.807) is 24.3 Å². The summed E-state index contributed by atoms with van der Waals surface area (Å²) in [6.07, 6.45) is 0. The molecule has 94 valence electrons. The topological polar surface area (TPSA) is 52.0 Å². The van der Waals surface area contributed by atoms with Crippen molar-refractivity contribution in [1.82, 2.24) is 0 Å². The Labute approximate surface area is 104 Å². The van der Waals surface area contributed by atoms with Gasteiger partial charge in [0.25, 0.3) is 0 Å². The van der Waals surface area contributed by atoms with Crippen molar-refractivity contribution in [1.29, 1.82) is 0 Å². The smallest absolute Gasteiger partial charge is 0.123 e. The molecule has 0 aliphatic rings. The Morgan fingerprint density at radius 1 is 0.611 bits per heavy atom. The van der Waals surface area contributed by atoms with Crippen LogP contribution in [-0.4, -0.2) is 0 Å². The van der Waals surface area contributed by atoms with Gasteiger partial charge in [0.15, 0.2) is 0 Å². The van der Waals surface area contributed by atoms with Crippen LogP contribution in [0.1, 0.15) is 23.2 Å². The third kappa shape index (κ3) is 2.72. The number of hydrogen-bond acceptors (Lipinski definition) is 2. The van der Waals surface area contributed by atoms with Gasteiger partial charge in [-0.25, -0.2) is 8.78 Å². The minimum atomic E-state index is -0.462.